The lowest BCUT2D eigenvalue weighted by molar-refractivity contribution is 0.600. The van der Waals surface area contributed by atoms with Crippen molar-refractivity contribution in [3.63, 3.8) is 0 Å². The summed E-state index contributed by atoms with van der Waals surface area (Å²) in [4.78, 5) is 4.23. The molecule has 2 rings (SSSR count). The van der Waals surface area contributed by atoms with Crippen LogP contribution in [-0.4, -0.2) is 13.4 Å². The molecule has 0 radical (unpaired) electrons. The van der Waals surface area contributed by atoms with Gasteiger partial charge in [-0.3, -0.25) is 4.72 Å². The van der Waals surface area contributed by atoms with Gasteiger partial charge < -0.3 is 5.73 Å². The molecule has 3 N–H and O–H groups in total. The third kappa shape index (κ3) is 3.42. The summed E-state index contributed by atoms with van der Waals surface area (Å²) < 4.78 is 28.2. The fraction of sp³-hybridized carbons (Fsp3) is 0.214. The Bertz CT molecular complexity index is 776. The van der Waals surface area contributed by atoms with Gasteiger partial charge >= 0.3 is 0 Å². The molecule has 0 unspecified atom stereocenters. The van der Waals surface area contributed by atoms with Gasteiger partial charge in [-0.25, -0.2) is 13.4 Å². The topological polar surface area (TPSA) is 85.1 Å². The first kappa shape index (κ1) is 15.9. The molecule has 1 heterocycles. The van der Waals surface area contributed by atoms with E-state index < -0.39 is 10.0 Å². The number of halogens is 1. The lowest BCUT2D eigenvalue weighted by atomic mass is 10.1. The largest absolute Gasteiger partial charge is 0.326 e. The average Bonchev–Trinajstić information content (AvgIpc) is 2.41. The van der Waals surface area contributed by atoms with Gasteiger partial charge in [-0.2, -0.15) is 0 Å². The Morgan fingerprint density at radius 2 is 2.00 bits per heavy atom. The summed E-state index contributed by atoms with van der Waals surface area (Å²) in [7, 11) is -3.71. The maximum atomic E-state index is 12.5. The average molecular weight is 370 g/mol. The molecule has 0 spiro atoms. The van der Waals surface area contributed by atoms with Crippen molar-refractivity contribution < 1.29 is 8.42 Å². The van der Waals surface area contributed by atoms with E-state index >= 15 is 0 Å². The molecule has 0 bridgehead atoms. The molecule has 21 heavy (non-hydrogen) atoms. The number of sulfonamides is 1. The summed E-state index contributed by atoms with van der Waals surface area (Å²) in [6.45, 7) is 3.96. The van der Waals surface area contributed by atoms with Gasteiger partial charge in [-0.05, 0) is 64.7 Å². The van der Waals surface area contributed by atoms with Gasteiger partial charge in [0.05, 0.1) is 9.37 Å². The number of aryl methyl sites for hydroxylation is 2. The molecule has 5 nitrogen and oxygen atoms in total. The van der Waals surface area contributed by atoms with Crippen molar-refractivity contribution in [3.8, 4) is 0 Å². The number of benzene rings is 1. The number of hydrogen-bond acceptors (Lipinski definition) is 4. The van der Waals surface area contributed by atoms with Gasteiger partial charge in [0.1, 0.15) is 0 Å². The molecule has 0 amide bonds. The number of aromatic nitrogens is 1. The highest BCUT2D eigenvalue weighted by molar-refractivity contribution is 9.10. The lowest BCUT2D eigenvalue weighted by Gasteiger charge is -2.13. The third-order valence-corrected chi connectivity index (χ3v) is 5.25. The number of nitrogens with zero attached hydrogens (tertiary/aromatic N) is 1. The molecule has 0 saturated carbocycles. The Kier molecular flexibility index (Phi) is 4.65. The molecule has 0 atom stereocenters. The number of hydrogen-bond donors (Lipinski definition) is 2. The lowest BCUT2D eigenvalue weighted by Crippen LogP contribution is -2.16. The Labute approximate surface area is 132 Å². The summed E-state index contributed by atoms with van der Waals surface area (Å²) in [5.74, 6) is 0.256. The molecule has 1 aromatic carbocycles. The predicted octanol–water partition coefficient (Wildman–Crippen LogP) is 2.72. The van der Waals surface area contributed by atoms with Crippen molar-refractivity contribution in [3.05, 3.63) is 51.6 Å². The molecule has 0 aliphatic rings. The first-order valence-electron chi connectivity index (χ1n) is 6.28. The molecule has 0 saturated heterocycles. The Morgan fingerprint density at radius 1 is 1.29 bits per heavy atom. The van der Waals surface area contributed by atoms with E-state index in [4.69, 9.17) is 5.73 Å². The molecule has 112 valence electrons. The third-order valence-electron chi connectivity index (χ3n) is 3.13. The zero-order valence-corrected chi connectivity index (χ0v) is 14.1. The van der Waals surface area contributed by atoms with Crippen molar-refractivity contribution in [2.45, 2.75) is 25.3 Å². The highest BCUT2D eigenvalue weighted by atomic mass is 79.9. The van der Waals surface area contributed by atoms with Gasteiger partial charge in [0, 0.05) is 12.7 Å². The van der Waals surface area contributed by atoms with Crippen LogP contribution in [0.4, 0.5) is 5.82 Å². The number of nitrogens with one attached hydrogen (secondary N) is 1. The van der Waals surface area contributed by atoms with E-state index in [2.05, 4.69) is 25.6 Å². The highest BCUT2D eigenvalue weighted by Crippen LogP contribution is 2.25. The monoisotopic (exact) mass is 369 g/mol. The van der Waals surface area contributed by atoms with Gasteiger partial charge in [0.15, 0.2) is 5.82 Å². The second kappa shape index (κ2) is 6.13. The van der Waals surface area contributed by atoms with Crippen molar-refractivity contribution >= 4 is 31.8 Å². The van der Waals surface area contributed by atoms with Crippen LogP contribution >= 0.6 is 15.9 Å². The van der Waals surface area contributed by atoms with Crippen molar-refractivity contribution in [1.82, 2.24) is 4.98 Å². The molecule has 0 fully saturated rings. The second-order valence-corrected chi connectivity index (χ2v) is 7.19. The zero-order valence-electron chi connectivity index (χ0n) is 11.7. The minimum atomic E-state index is -3.71. The van der Waals surface area contributed by atoms with Gasteiger partial charge in [-0.15, -0.1) is 0 Å². The summed E-state index contributed by atoms with van der Waals surface area (Å²) in [5, 5.41) is 0. The maximum absolute atomic E-state index is 12.5. The first-order valence-corrected chi connectivity index (χ1v) is 8.56. The fourth-order valence-electron chi connectivity index (χ4n) is 2.03. The van der Waals surface area contributed by atoms with E-state index in [0.29, 0.717) is 16.6 Å². The number of rotatable bonds is 4. The van der Waals surface area contributed by atoms with Crippen molar-refractivity contribution in [2.24, 2.45) is 5.73 Å². The fourth-order valence-corrected chi connectivity index (χ4v) is 3.82. The van der Waals surface area contributed by atoms with Crippen molar-refractivity contribution in [2.75, 3.05) is 4.72 Å². The Balaban J connectivity index is 2.47. The molecule has 2 aromatic rings. The minimum Gasteiger partial charge on any atom is -0.326 e. The van der Waals surface area contributed by atoms with Gasteiger partial charge in [0.25, 0.3) is 10.0 Å². The number of nitrogens with two attached hydrogens (primary N) is 1. The zero-order chi connectivity index (χ0) is 15.6. The summed E-state index contributed by atoms with van der Waals surface area (Å²) >= 11 is 3.27. The molecule has 0 aliphatic carbocycles. The summed E-state index contributed by atoms with van der Waals surface area (Å²) in [6.07, 6.45) is 1.52. The van der Waals surface area contributed by atoms with E-state index in [0.717, 1.165) is 11.1 Å². The van der Waals surface area contributed by atoms with Crippen LogP contribution in [0.25, 0.3) is 0 Å². The van der Waals surface area contributed by atoms with Crippen LogP contribution in [0.1, 0.15) is 16.7 Å². The van der Waals surface area contributed by atoms with E-state index in [1.54, 1.807) is 25.1 Å². The molecule has 0 aliphatic heterocycles. The quantitative estimate of drug-likeness (QED) is 0.867. The Morgan fingerprint density at radius 3 is 2.62 bits per heavy atom. The number of pyridine rings is 1. The maximum Gasteiger partial charge on any atom is 0.263 e. The van der Waals surface area contributed by atoms with Gasteiger partial charge in [0.2, 0.25) is 0 Å². The molecular formula is C14H16BrN3O2S. The Hall–Kier alpha value is -1.44. The summed E-state index contributed by atoms with van der Waals surface area (Å²) in [6, 6.07) is 6.87. The standard InChI is InChI=1S/C14H16BrN3O2S/c1-9-6-10(2)13(7-11(9)8-16)21(19,20)18-14-12(15)4-3-5-17-14/h3-7H,8,16H2,1-2H3,(H,17,18). The first-order chi connectivity index (χ1) is 9.85. The van der Waals surface area contributed by atoms with Crippen LogP contribution in [0.3, 0.4) is 0 Å². The van der Waals surface area contributed by atoms with Crippen LogP contribution in [0.15, 0.2) is 39.8 Å². The van der Waals surface area contributed by atoms with Crippen LogP contribution in [0.2, 0.25) is 0 Å². The number of anilines is 1. The normalized spacial score (nSPS) is 11.4. The van der Waals surface area contributed by atoms with E-state index in [9.17, 15) is 8.42 Å². The highest BCUT2D eigenvalue weighted by Gasteiger charge is 2.20. The molecule has 1 aromatic heterocycles. The predicted molar refractivity (Wildman–Crippen MR) is 86.6 cm³/mol. The van der Waals surface area contributed by atoms with E-state index in [1.807, 2.05) is 13.0 Å². The second-order valence-electron chi connectivity index (χ2n) is 4.69. The van der Waals surface area contributed by atoms with Crippen LogP contribution in [0.5, 0.6) is 0 Å². The SMILES string of the molecule is Cc1cc(C)c(S(=O)(=O)Nc2ncccc2Br)cc1CN. The van der Waals surface area contributed by atoms with E-state index in [1.165, 1.54) is 6.20 Å². The van der Waals surface area contributed by atoms with E-state index in [-0.39, 0.29) is 10.7 Å². The van der Waals surface area contributed by atoms with Gasteiger partial charge in [-0.1, -0.05) is 6.07 Å². The van der Waals surface area contributed by atoms with Crippen LogP contribution in [-0.2, 0) is 16.6 Å². The molecule has 7 heteroatoms. The smallest absolute Gasteiger partial charge is 0.263 e. The van der Waals surface area contributed by atoms with Crippen molar-refractivity contribution in [1.29, 1.82) is 0 Å². The molecular weight excluding hydrogens is 354 g/mol. The summed E-state index contributed by atoms with van der Waals surface area (Å²) in [5.41, 5.74) is 8.11. The van der Waals surface area contributed by atoms with Crippen LogP contribution < -0.4 is 10.5 Å². The van der Waals surface area contributed by atoms with Crippen LogP contribution in [0, 0.1) is 13.8 Å². The minimum absolute atomic E-state index is 0.214.